The van der Waals surface area contributed by atoms with Crippen LogP contribution in [0, 0.1) is 12.3 Å². The first kappa shape index (κ1) is 10.1. The van der Waals surface area contributed by atoms with Crippen LogP contribution >= 0.6 is 0 Å². The van der Waals surface area contributed by atoms with Crippen molar-refractivity contribution in [3.8, 4) is 23.8 Å². The van der Waals surface area contributed by atoms with Gasteiger partial charge in [0.15, 0.2) is 5.78 Å². The minimum atomic E-state index is -0.189. The van der Waals surface area contributed by atoms with E-state index < -0.39 is 0 Å². The highest BCUT2D eigenvalue weighted by Crippen LogP contribution is 2.23. The molecule has 3 nitrogen and oxygen atoms in total. The number of benzene rings is 1. The summed E-state index contributed by atoms with van der Waals surface area (Å²) in [6, 6.07) is 4.46. The molecule has 0 saturated heterocycles. The number of aromatic hydroxyl groups is 1. The minimum Gasteiger partial charge on any atom is -0.507 e. The third kappa shape index (κ3) is 2.27. The van der Waals surface area contributed by atoms with Crippen molar-refractivity contribution in [1.29, 1.82) is 0 Å². The van der Waals surface area contributed by atoms with Crippen LogP contribution in [0.2, 0.25) is 0 Å². The van der Waals surface area contributed by atoms with Crippen molar-refractivity contribution in [2.24, 2.45) is 0 Å². The first-order valence-corrected chi connectivity index (χ1v) is 4.05. The molecule has 0 atom stereocenters. The number of ether oxygens (including phenoxy) is 1. The van der Waals surface area contributed by atoms with E-state index in [1.165, 1.54) is 19.1 Å². The van der Waals surface area contributed by atoms with E-state index in [0.717, 1.165) is 0 Å². The molecule has 0 saturated carbocycles. The van der Waals surface area contributed by atoms with E-state index in [9.17, 15) is 9.90 Å². The van der Waals surface area contributed by atoms with E-state index in [-0.39, 0.29) is 23.7 Å². The molecule has 72 valence electrons. The lowest BCUT2D eigenvalue weighted by molar-refractivity contribution is 0.101. The van der Waals surface area contributed by atoms with Crippen molar-refractivity contribution < 1.29 is 14.6 Å². The molecule has 0 aromatic heterocycles. The zero-order chi connectivity index (χ0) is 10.6. The highest BCUT2D eigenvalue weighted by molar-refractivity contribution is 5.96. The van der Waals surface area contributed by atoms with Gasteiger partial charge in [-0.15, -0.1) is 6.42 Å². The molecule has 1 aromatic carbocycles. The molecule has 0 aliphatic carbocycles. The summed E-state index contributed by atoms with van der Waals surface area (Å²) in [7, 11) is 0. The number of ketones is 1. The van der Waals surface area contributed by atoms with Crippen LogP contribution in [0.25, 0.3) is 0 Å². The molecule has 14 heavy (non-hydrogen) atoms. The van der Waals surface area contributed by atoms with E-state index in [1.54, 1.807) is 6.07 Å². The Balaban J connectivity index is 2.90. The number of terminal acetylenes is 1. The van der Waals surface area contributed by atoms with Gasteiger partial charge in [-0.2, -0.15) is 0 Å². The number of phenolic OH excluding ortho intramolecular Hbond substituents is 1. The summed E-state index contributed by atoms with van der Waals surface area (Å²) >= 11 is 0. The van der Waals surface area contributed by atoms with Crippen molar-refractivity contribution in [2.45, 2.75) is 6.92 Å². The van der Waals surface area contributed by atoms with E-state index in [1.807, 2.05) is 0 Å². The number of carbonyl (C=O) groups is 1. The Bertz CT molecular complexity index is 388. The highest BCUT2D eigenvalue weighted by atomic mass is 16.5. The Morgan fingerprint density at radius 2 is 2.36 bits per heavy atom. The Hall–Kier alpha value is -1.95. The first-order valence-electron chi connectivity index (χ1n) is 4.05. The predicted molar refractivity (Wildman–Crippen MR) is 52.4 cm³/mol. The van der Waals surface area contributed by atoms with Crippen LogP contribution in [0.5, 0.6) is 11.5 Å². The second kappa shape index (κ2) is 4.33. The molecule has 0 bridgehead atoms. The molecule has 0 fully saturated rings. The first-order chi connectivity index (χ1) is 6.65. The summed E-state index contributed by atoms with van der Waals surface area (Å²) in [6.45, 7) is 1.52. The Kier molecular flexibility index (Phi) is 3.14. The van der Waals surface area contributed by atoms with Gasteiger partial charge < -0.3 is 9.84 Å². The summed E-state index contributed by atoms with van der Waals surface area (Å²) in [4.78, 5) is 11.0. The molecular weight excluding hydrogens is 180 g/mol. The minimum absolute atomic E-state index is 0.0907. The van der Waals surface area contributed by atoms with Crippen molar-refractivity contribution in [2.75, 3.05) is 6.61 Å². The van der Waals surface area contributed by atoms with Crippen molar-refractivity contribution in [3.63, 3.8) is 0 Å². The Labute approximate surface area is 82.3 Å². The maximum absolute atomic E-state index is 11.0. The second-order valence-electron chi connectivity index (χ2n) is 2.73. The normalized spacial score (nSPS) is 9.14. The van der Waals surface area contributed by atoms with Crippen molar-refractivity contribution in [1.82, 2.24) is 0 Å². The van der Waals surface area contributed by atoms with Crippen molar-refractivity contribution >= 4 is 5.78 Å². The predicted octanol–water partition coefficient (Wildman–Crippen LogP) is 1.61. The van der Waals surface area contributed by atoms with E-state index >= 15 is 0 Å². The maximum Gasteiger partial charge on any atom is 0.163 e. The van der Waals surface area contributed by atoms with Gasteiger partial charge in [0.2, 0.25) is 0 Å². The molecule has 3 heteroatoms. The molecule has 0 spiro atoms. The molecular formula is C11H10O3. The third-order valence-corrected chi connectivity index (χ3v) is 1.67. The lowest BCUT2D eigenvalue weighted by Crippen LogP contribution is -1.96. The molecule has 1 rings (SSSR count). The van der Waals surface area contributed by atoms with Crippen LogP contribution in [0.3, 0.4) is 0 Å². The average Bonchev–Trinajstić information content (AvgIpc) is 2.14. The number of Topliss-reactive ketones (excluding diaryl/α,β-unsaturated/α-hetero) is 1. The third-order valence-electron chi connectivity index (χ3n) is 1.67. The van der Waals surface area contributed by atoms with Gasteiger partial charge in [-0.25, -0.2) is 0 Å². The summed E-state index contributed by atoms with van der Waals surface area (Å²) < 4.78 is 5.06. The lowest BCUT2D eigenvalue weighted by Gasteiger charge is -2.04. The van der Waals surface area contributed by atoms with Gasteiger partial charge >= 0.3 is 0 Å². The Morgan fingerprint density at radius 3 is 2.86 bits per heavy atom. The van der Waals surface area contributed by atoms with Gasteiger partial charge in [-0.3, -0.25) is 4.79 Å². The molecule has 1 N–H and O–H groups in total. The van der Waals surface area contributed by atoms with Crippen LogP contribution in [-0.2, 0) is 0 Å². The average molecular weight is 190 g/mol. The summed E-state index contributed by atoms with van der Waals surface area (Å²) in [6.07, 6.45) is 5.00. The fourth-order valence-corrected chi connectivity index (χ4v) is 1.02. The molecule has 0 heterocycles. The standard InChI is InChI=1S/C11H10O3/c1-3-6-14-9-4-5-10(8(2)12)11(13)7-9/h1,4-5,7,13H,6H2,2H3. The quantitative estimate of drug-likeness (QED) is 0.581. The van der Waals surface area contributed by atoms with Crippen molar-refractivity contribution in [3.05, 3.63) is 23.8 Å². The monoisotopic (exact) mass is 190 g/mol. The van der Waals surface area contributed by atoms with Crippen LogP contribution in [-0.4, -0.2) is 17.5 Å². The summed E-state index contributed by atoms with van der Waals surface area (Å²) in [5.74, 6) is 2.47. The number of phenols is 1. The second-order valence-corrected chi connectivity index (χ2v) is 2.73. The molecule has 0 amide bonds. The number of rotatable bonds is 3. The molecule has 0 aliphatic heterocycles. The fourth-order valence-electron chi connectivity index (χ4n) is 1.02. The topological polar surface area (TPSA) is 46.5 Å². The molecule has 0 aliphatic rings. The van der Waals surface area contributed by atoms with Crippen LogP contribution < -0.4 is 4.74 Å². The zero-order valence-electron chi connectivity index (χ0n) is 7.78. The maximum atomic E-state index is 11.0. The zero-order valence-corrected chi connectivity index (χ0v) is 7.78. The SMILES string of the molecule is C#CCOc1ccc(C(C)=O)c(O)c1. The number of carbonyl (C=O) groups excluding carboxylic acids is 1. The van der Waals surface area contributed by atoms with Gasteiger partial charge in [-0.1, -0.05) is 5.92 Å². The molecule has 1 aromatic rings. The van der Waals surface area contributed by atoms with Crippen LogP contribution in [0.1, 0.15) is 17.3 Å². The number of hydrogen-bond acceptors (Lipinski definition) is 3. The molecule has 0 radical (unpaired) electrons. The van der Waals surface area contributed by atoms with Gasteiger partial charge in [0, 0.05) is 6.07 Å². The van der Waals surface area contributed by atoms with Gasteiger partial charge in [-0.05, 0) is 19.1 Å². The molecule has 0 unspecified atom stereocenters. The largest absolute Gasteiger partial charge is 0.507 e. The van der Waals surface area contributed by atoms with E-state index in [2.05, 4.69) is 5.92 Å². The summed E-state index contributed by atoms with van der Waals surface area (Å²) in [5, 5.41) is 9.41. The fraction of sp³-hybridized carbons (Fsp3) is 0.182. The van der Waals surface area contributed by atoms with Gasteiger partial charge in [0.25, 0.3) is 0 Å². The van der Waals surface area contributed by atoms with Crippen LogP contribution in [0.4, 0.5) is 0 Å². The van der Waals surface area contributed by atoms with Gasteiger partial charge in [0.05, 0.1) is 5.56 Å². The van der Waals surface area contributed by atoms with Gasteiger partial charge in [0.1, 0.15) is 18.1 Å². The smallest absolute Gasteiger partial charge is 0.163 e. The van der Waals surface area contributed by atoms with Crippen LogP contribution in [0.15, 0.2) is 18.2 Å². The lowest BCUT2D eigenvalue weighted by atomic mass is 10.1. The van der Waals surface area contributed by atoms with E-state index in [0.29, 0.717) is 5.75 Å². The number of hydrogen-bond donors (Lipinski definition) is 1. The van der Waals surface area contributed by atoms with E-state index in [4.69, 9.17) is 11.2 Å². The summed E-state index contributed by atoms with van der Waals surface area (Å²) in [5.41, 5.74) is 0.276. The highest BCUT2D eigenvalue weighted by Gasteiger charge is 2.06. The Morgan fingerprint density at radius 1 is 1.64 bits per heavy atom.